The van der Waals surface area contributed by atoms with Crippen molar-refractivity contribution in [3.8, 4) is 0 Å². The molecule has 2 aromatic rings. The van der Waals surface area contributed by atoms with Crippen molar-refractivity contribution in [1.29, 1.82) is 0 Å². The zero-order valence-electron chi connectivity index (χ0n) is 10.1. The minimum absolute atomic E-state index is 0.273. The fourth-order valence-corrected chi connectivity index (χ4v) is 1.66. The number of hydrogen-bond acceptors (Lipinski definition) is 4. The molecule has 0 aliphatic heterocycles. The van der Waals surface area contributed by atoms with Gasteiger partial charge >= 0.3 is 6.09 Å². The van der Waals surface area contributed by atoms with E-state index in [1.807, 2.05) is 6.07 Å². The monoisotopic (exact) mass is 247 g/mol. The van der Waals surface area contributed by atoms with Crippen LogP contribution in [0.4, 0.5) is 4.79 Å². The van der Waals surface area contributed by atoms with E-state index in [-0.39, 0.29) is 6.04 Å². The number of ether oxygens (including phenoxy) is 1. The van der Waals surface area contributed by atoms with E-state index in [4.69, 9.17) is 0 Å². The molecule has 0 aliphatic rings. The van der Waals surface area contributed by atoms with Gasteiger partial charge in [-0.05, 0) is 25.1 Å². The maximum Gasteiger partial charge on any atom is 0.407 e. The lowest BCUT2D eigenvalue weighted by atomic mass is 10.2. The van der Waals surface area contributed by atoms with Gasteiger partial charge in [-0.3, -0.25) is 4.79 Å². The normalized spacial score (nSPS) is 12.1. The second-order valence-electron chi connectivity index (χ2n) is 3.87. The summed E-state index contributed by atoms with van der Waals surface area (Å²) in [6.45, 7) is 1.80. The molecule has 0 saturated carbocycles. The number of alkyl carbamates (subject to hydrolysis) is 1. The van der Waals surface area contributed by atoms with Crippen LogP contribution in [-0.4, -0.2) is 29.5 Å². The lowest BCUT2D eigenvalue weighted by molar-refractivity contribution is 0.111. The van der Waals surface area contributed by atoms with Gasteiger partial charge < -0.3 is 15.0 Å². The van der Waals surface area contributed by atoms with Crippen LogP contribution in [0.15, 0.2) is 18.2 Å². The van der Waals surface area contributed by atoms with E-state index in [0.29, 0.717) is 17.0 Å². The molecule has 6 nitrogen and oxygen atoms in total. The van der Waals surface area contributed by atoms with Crippen LogP contribution in [0.2, 0.25) is 0 Å². The second-order valence-corrected chi connectivity index (χ2v) is 3.87. The van der Waals surface area contributed by atoms with E-state index < -0.39 is 6.09 Å². The number of aldehydes is 1. The highest BCUT2D eigenvalue weighted by Gasteiger charge is 2.12. The molecule has 0 unspecified atom stereocenters. The lowest BCUT2D eigenvalue weighted by Crippen LogP contribution is -2.26. The Balaban J connectivity index is 2.28. The number of amides is 1. The number of pyridine rings is 1. The fourth-order valence-electron chi connectivity index (χ4n) is 1.66. The molecule has 0 aromatic carbocycles. The number of nitrogens with one attached hydrogen (secondary N) is 2. The molecule has 1 atom stereocenters. The van der Waals surface area contributed by atoms with Gasteiger partial charge in [0.05, 0.1) is 24.5 Å². The molecule has 0 spiro atoms. The molecule has 2 rings (SSSR count). The third-order valence-electron chi connectivity index (χ3n) is 2.61. The molecule has 0 aliphatic carbocycles. The summed E-state index contributed by atoms with van der Waals surface area (Å²) < 4.78 is 4.52. The van der Waals surface area contributed by atoms with Crippen molar-refractivity contribution >= 4 is 23.4 Å². The largest absolute Gasteiger partial charge is 0.453 e. The number of carbonyl (C=O) groups is 2. The number of methoxy groups -OCH3 is 1. The van der Waals surface area contributed by atoms with Crippen LogP contribution in [0.25, 0.3) is 11.0 Å². The third-order valence-corrected chi connectivity index (χ3v) is 2.61. The highest BCUT2D eigenvalue weighted by atomic mass is 16.5. The smallest absolute Gasteiger partial charge is 0.407 e. The van der Waals surface area contributed by atoms with Crippen LogP contribution in [0, 0.1) is 0 Å². The molecule has 2 aromatic heterocycles. The molecule has 1 amide bonds. The van der Waals surface area contributed by atoms with E-state index in [9.17, 15) is 9.59 Å². The number of hydrogen-bond donors (Lipinski definition) is 2. The summed E-state index contributed by atoms with van der Waals surface area (Å²) in [6.07, 6.45) is 0.224. The van der Waals surface area contributed by atoms with Crippen molar-refractivity contribution in [3.05, 3.63) is 29.6 Å². The maximum absolute atomic E-state index is 11.1. The Morgan fingerprint density at radius 3 is 3.00 bits per heavy atom. The Hall–Kier alpha value is -2.37. The zero-order chi connectivity index (χ0) is 13.1. The van der Waals surface area contributed by atoms with Crippen LogP contribution in [0.3, 0.4) is 0 Å². The molecular weight excluding hydrogens is 234 g/mol. The van der Waals surface area contributed by atoms with Gasteiger partial charge in [-0.1, -0.05) is 0 Å². The van der Waals surface area contributed by atoms with Gasteiger partial charge in [0.2, 0.25) is 0 Å². The number of rotatable bonds is 3. The van der Waals surface area contributed by atoms with Crippen molar-refractivity contribution in [2.24, 2.45) is 0 Å². The number of aromatic nitrogens is 2. The second kappa shape index (κ2) is 4.87. The number of H-pyrrole nitrogens is 1. The Kier molecular flexibility index (Phi) is 3.27. The lowest BCUT2D eigenvalue weighted by Gasteiger charge is -2.12. The van der Waals surface area contributed by atoms with E-state index in [2.05, 4.69) is 20.0 Å². The molecule has 6 heteroatoms. The Bertz CT molecular complexity index is 591. The first-order valence-corrected chi connectivity index (χ1v) is 5.43. The standard InChI is InChI=1S/C12H13N3O3/c1-7(13-12(17)18-2)10-4-3-8-5-9(6-16)14-11(8)15-10/h3-7H,1-2H3,(H,13,17)(H,14,15)/t7-/m1/s1. The molecule has 0 radical (unpaired) electrons. The Labute approximate surface area is 103 Å². The van der Waals surface area contributed by atoms with Crippen molar-refractivity contribution in [1.82, 2.24) is 15.3 Å². The molecule has 94 valence electrons. The molecule has 18 heavy (non-hydrogen) atoms. The van der Waals surface area contributed by atoms with E-state index in [1.54, 1.807) is 19.1 Å². The highest BCUT2D eigenvalue weighted by Crippen LogP contribution is 2.17. The average molecular weight is 247 g/mol. The van der Waals surface area contributed by atoms with Gasteiger partial charge in [-0.15, -0.1) is 0 Å². The summed E-state index contributed by atoms with van der Waals surface area (Å²) in [6, 6.07) is 5.09. The van der Waals surface area contributed by atoms with Crippen LogP contribution in [0.1, 0.15) is 29.1 Å². The predicted octanol–water partition coefficient (Wildman–Crippen LogP) is 1.79. The van der Waals surface area contributed by atoms with Gasteiger partial charge in [-0.2, -0.15) is 0 Å². The van der Waals surface area contributed by atoms with E-state index in [0.717, 1.165) is 11.7 Å². The first kappa shape index (κ1) is 12.1. The van der Waals surface area contributed by atoms with Crippen LogP contribution >= 0.6 is 0 Å². The summed E-state index contributed by atoms with van der Waals surface area (Å²) in [5.74, 6) is 0. The number of nitrogens with zero attached hydrogens (tertiary/aromatic N) is 1. The van der Waals surface area contributed by atoms with Crippen molar-refractivity contribution in [2.75, 3.05) is 7.11 Å². The predicted molar refractivity (Wildman–Crippen MR) is 65.4 cm³/mol. The number of aromatic amines is 1. The fraction of sp³-hybridized carbons (Fsp3) is 0.250. The van der Waals surface area contributed by atoms with E-state index >= 15 is 0 Å². The zero-order valence-corrected chi connectivity index (χ0v) is 10.1. The first-order valence-electron chi connectivity index (χ1n) is 5.43. The first-order chi connectivity index (χ1) is 8.63. The summed E-state index contributed by atoms with van der Waals surface area (Å²) >= 11 is 0. The van der Waals surface area contributed by atoms with Gasteiger partial charge in [0.1, 0.15) is 5.65 Å². The number of fused-ring (bicyclic) bond motifs is 1. The summed E-state index contributed by atoms with van der Waals surface area (Å²) in [5, 5.41) is 3.48. The van der Waals surface area contributed by atoms with Gasteiger partial charge in [0.25, 0.3) is 0 Å². The molecular formula is C12H13N3O3. The maximum atomic E-state index is 11.1. The Morgan fingerprint density at radius 1 is 1.56 bits per heavy atom. The van der Waals surface area contributed by atoms with Crippen LogP contribution < -0.4 is 5.32 Å². The summed E-state index contributed by atoms with van der Waals surface area (Å²) in [5.41, 5.74) is 1.78. The molecule has 0 fully saturated rings. The number of carbonyl (C=O) groups excluding carboxylic acids is 2. The third kappa shape index (κ3) is 2.32. The average Bonchev–Trinajstić information content (AvgIpc) is 2.80. The van der Waals surface area contributed by atoms with Crippen molar-refractivity contribution in [2.45, 2.75) is 13.0 Å². The minimum atomic E-state index is -0.510. The van der Waals surface area contributed by atoms with E-state index in [1.165, 1.54) is 7.11 Å². The quantitative estimate of drug-likeness (QED) is 0.810. The van der Waals surface area contributed by atoms with Crippen LogP contribution in [-0.2, 0) is 4.74 Å². The molecule has 0 bridgehead atoms. The topological polar surface area (TPSA) is 84.1 Å². The SMILES string of the molecule is COC(=O)N[C@H](C)c1ccc2cc(C=O)[nH]c2n1. The van der Waals surface area contributed by atoms with Crippen molar-refractivity contribution in [3.63, 3.8) is 0 Å². The Morgan fingerprint density at radius 2 is 2.33 bits per heavy atom. The molecule has 2 N–H and O–H groups in total. The van der Waals surface area contributed by atoms with Gasteiger partial charge in [-0.25, -0.2) is 9.78 Å². The van der Waals surface area contributed by atoms with Crippen LogP contribution in [0.5, 0.6) is 0 Å². The van der Waals surface area contributed by atoms with Gasteiger partial charge in [0.15, 0.2) is 6.29 Å². The highest BCUT2D eigenvalue weighted by molar-refractivity contribution is 5.85. The van der Waals surface area contributed by atoms with Crippen molar-refractivity contribution < 1.29 is 14.3 Å². The summed E-state index contributed by atoms with van der Waals surface area (Å²) in [4.78, 5) is 29.0. The molecule has 2 heterocycles. The van der Waals surface area contributed by atoms with Gasteiger partial charge in [0, 0.05) is 5.39 Å². The molecule has 0 saturated heterocycles. The summed E-state index contributed by atoms with van der Waals surface area (Å²) in [7, 11) is 1.31. The minimum Gasteiger partial charge on any atom is -0.453 e.